The summed E-state index contributed by atoms with van der Waals surface area (Å²) >= 11 is 0. The van der Waals surface area contributed by atoms with Gasteiger partial charge in [-0.2, -0.15) is 0 Å². The molecule has 4 heteroatoms. The summed E-state index contributed by atoms with van der Waals surface area (Å²) in [5.74, 6) is -0.708. The zero-order valence-corrected chi connectivity index (χ0v) is 12.2. The lowest BCUT2D eigenvalue weighted by atomic mass is 9.73. The van der Waals surface area contributed by atoms with Crippen LogP contribution in [0.25, 0.3) is 0 Å². The molecule has 0 amide bonds. The van der Waals surface area contributed by atoms with E-state index < -0.39 is 23.1 Å². The molecule has 2 N–H and O–H groups in total. The van der Waals surface area contributed by atoms with Crippen LogP contribution in [0.3, 0.4) is 0 Å². The number of aliphatic hydroxyl groups excluding tert-OH is 1. The summed E-state index contributed by atoms with van der Waals surface area (Å²) < 4.78 is 12.0. The molecule has 0 aromatic heterocycles. The number of ether oxygens (including phenoxy) is 2. The van der Waals surface area contributed by atoms with Crippen molar-refractivity contribution in [3.8, 4) is 0 Å². The van der Waals surface area contributed by atoms with Crippen molar-refractivity contribution >= 4 is 0 Å². The third-order valence-electron chi connectivity index (χ3n) is 4.16. The number of hydrogen-bond acceptors (Lipinski definition) is 4. The molecule has 1 aliphatic heterocycles. The molecule has 0 bridgehead atoms. The first-order chi connectivity index (χ1) is 8.71. The van der Waals surface area contributed by atoms with Gasteiger partial charge in [0.25, 0.3) is 0 Å². The quantitative estimate of drug-likeness (QED) is 0.768. The Bertz CT molecular complexity index is 350. The fraction of sp³-hybridized carbons (Fsp3) is 0.867. The molecule has 0 unspecified atom stereocenters. The Kier molecular flexibility index (Phi) is 3.82. The van der Waals surface area contributed by atoms with Gasteiger partial charge in [-0.3, -0.25) is 0 Å². The van der Waals surface area contributed by atoms with Gasteiger partial charge < -0.3 is 19.7 Å². The van der Waals surface area contributed by atoms with Gasteiger partial charge in [-0.1, -0.05) is 6.08 Å². The Morgan fingerprint density at radius 3 is 2.74 bits per heavy atom. The van der Waals surface area contributed by atoms with E-state index >= 15 is 0 Å². The van der Waals surface area contributed by atoms with Crippen molar-refractivity contribution in [2.24, 2.45) is 0 Å². The van der Waals surface area contributed by atoms with Crippen molar-refractivity contribution in [3.63, 3.8) is 0 Å². The van der Waals surface area contributed by atoms with Crippen LogP contribution in [0.2, 0.25) is 0 Å². The average Bonchev–Trinajstić information content (AvgIpc) is 2.49. The lowest BCUT2D eigenvalue weighted by Crippen LogP contribution is -2.57. The smallest absolute Gasteiger partial charge is 0.164 e. The summed E-state index contributed by atoms with van der Waals surface area (Å²) in [4.78, 5) is 0. The Labute approximate surface area is 115 Å². The summed E-state index contributed by atoms with van der Waals surface area (Å²) in [7, 11) is 0. The van der Waals surface area contributed by atoms with Crippen LogP contribution in [-0.4, -0.2) is 39.4 Å². The predicted molar refractivity (Wildman–Crippen MR) is 72.7 cm³/mol. The van der Waals surface area contributed by atoms with Crippen molar-refractivity contribution < 1.29 is 19.7 Å². The van der Waals surface area contributed by atoms with Gasteiger partial charge in [0.2, 0.25) is 0 Å². The zero-order valence-electron chi connectivity index (χ0n) is 12.2. The summed E-state index contributed by atoms with van der Waals surface area (Å²) in [6, 6.07) is 0. The minimum Gasteiger partial charge on any atom is -0.390 e. The number of fused-ring (bicyclic) bond motifs is 1. The minimum absolute atomic E-state index is 0.150. The van der Waals surface area contributed by atoms with Gasteiger partial charge >= 0.3 is 0 Å². The SMILES string of the molecule is C=CC[C@](C)(O)C[C@@]12OC(C)(C)O[C@@H]1CCC[C@@H]2O. The van der Waals surface area contributed by atoms with Gasteiger partial charge in [-0.15, -0.1) is 6.58 Å². The van der Waals surface area contributed by atoms with E-state index in [4.69, 9.17) is 9.47 Å². The molecule has 4 atom stereocenters. The van der Waals surface area contributed by atoms with Gasteiger partial charge in [-0.25, -0.2) is 0 Å². The number of rotatable bonds is 4. The number of aliphatic hydroxyl groups is 2. The average molecular weight is 270 g/mol. The first-order valence-electron chi connectivity index (χ1n) is 7.10. The molecule has 0 aromatic rings. The summed E-state index contributed by atoms with van der Waals surface area (Å²) in [5.41, 5.74) is -1.74. The summed E-state index contributed by atoms with van der Waals surface area (Å²) in [6.45, 7) is 9.16. The molecule has 2 rings (SSSR count). The monoisotopic (exact) mass is 270 g/mol. The molecule has 1 saturated carbocycles. The van der Waals surface area contributed by atoms with Crippen LogP contribution in [0.15, 0.2) is 12.7 Å². The van der Waals surface area contributed by atoms with Crippen molar-refractivity contribution in [1.29, 1.82) is 0 Å². The van der Waals surface area contributed by atoms with Crippen LogP contribution in [0.4, 0.5) is 0 Å². The van der Waals surface area contributed by atoms with E-state index in [0.29, 0.717) is 19.3 Å². The normalized spacial score (nSPS) is 40.5. The van der Waals surface area contributed by atoms with E-state index in [-0.39, 0.29) is 6.10 Å². The second kappa shape index (κ2) is 4.85. The molecule has 0 radical (unpaired) electrons. The minimum atomic E-state index is -0.942. The first-order valence-corrected chi connectivity index (χ1v) is 7.10. The highest BCUT2D eigenvalue weighted by Gasteiger charge is 2.60. The highest BCUT2D eigenvalue weighted by atomic mass is 16.8. The van der Waals surface area contributed by atoms with Gasteiger partial charge in [0.05, 0.1) is 17.8 Å². The predicted octanol–water partition coefficient (Wildman–Crippen LogP) is 2.14. The Balaban J connectivity index is 2.27. The van der Waals surface area contributed by atoms with Crippen LogP contribution in [0, 0.1) is 0 Å². The lowest BCUT2D eigenvalue weighted by Gasteiger charge is -2.44. The van der Waals surface area contributed by atoms with E-state index in [1.54, 1.807) is 13.0 Å². The second-order valence-electron chi connectivity index (χ2n) is 6.68. The van der Waals surface area contributed by atoms with Gasteiger partial charge in [0.15, 0.2) is 5.79 Å². The third-order valence-corrected chi connectivity index (χ3v) is 4.16. The van der Waals surface area contributed by atoms with Gasteiger partial charge in [0.1, 0.15) is 5.60 Å². The summed E-state index contributed by atoms with van der Waals surface area (Å²) in [6.07, 6.45) is 4.27. The number of hydrogen-bond donors (Lipinski definition) is 2. The largest absolute Gasteiger partial charge is 0.390 e. The molecule has 1 saturated heterocycles. The van der Waals surface area contributed by atoms with Crippen LogP contribution >= 0.6 is 0 Å². The van der Waals surface area contributed by atoms with E-state index in [0.717, 1.165) is 12.8 Å². The van der Waals surface area contributed by atoms with Crippen LogP contribution in [0.1, 0.15) is 52.9 Å². The lowest BCUT2D eigenvalue weighted by molar-refractivity contribution is -0.200. The first kappa shape index (κ1) is 15.0. The van der Waals surface area contributed by atoms with Crippen molar-refractivity contribution in [1.82, 2.24) is 0 Å². The molecule has 1 aliphatic carbocycles. The maximum atomic E-state index is 10.5. The molecule has 4 nitrogen and oxygen atoms in total. The van der Waals surface area contributed by atoms with Gasteiger partial charge in [0, 0.05) is 6.42 Å². The molecule has 2 aliphatic rings. The van der Waals surface area contributed by atoms with Crippen molar-refractivity contribution in [2.75, 3.05) is 0 Å². The molecule has 2 fully saturated rings. The third kappa shape index (κ3) is 2.87. The standard InChI is InChI=1S/C15H26O4/c1-5-9-14(4,17)10-15-11(16)7-6-8-12(15)18-13(2,3)19-15/h5,11-12,16-17H,1,6-10H2,2-4H3/t11-,12+,14-,15-/m0/s1. The summed E-state index contributed by atoms with van der Waals surface area (Å²) in [5, 5.41) is 20.9. The molecule has 1 heterocycles. The molecule has 0 aromatic carbocycles. The van der Waals surface area contributed by atoms with E-state index in [1.807, 2.05) is 13.8 Å². The van der Waals surface area contributed by atoms with Crippen LogP contribution in [0.5, 0.6) is 0 Å². The van der Waals surface area contributed by atoms with E-state index in [1.165, 1.54) is 0 Å². The van der Waals surface area contributed by atoms with Crippen LogP contribution in [-0.2, 0) is 9.47 Å². The van der Waals surface area contributed by atoms with E-state index in [9.17, 15) is 10.2 Å². The maximum Gasteiger partial charge on any atom is 0.164 e. The van der Waals surface area contributed by atoms with E-state index in [2.05, 4.69) is 6.58 Å². The Morgan fingerprint density at radius 2 is 2.11 bits per heavy atom. The molecule has 19 heavy (non-hydrogen) atoms. The van der Waals surface area contributed by atoms with Crippen molar-refractivity contribution in [2.45, 2.75) is 82.1 Å². The molecule has 110 valence electrons. The Morgan fingerprint density at radius 1 is 1.42 bits per heavy atom. The van der Waals surface area contributed by atoms with Gasteiger partial charge in [-0.05, 0) is 46.5 Å². The topological polar surface area (TPSA) is 58.9 Å². The van der Waals surface area contributed by atoms with Crippen molar-refractivity contribution in [3.05, 3.63) is 12.7 Å². The molecule has 0 spiro atoms. The highest BCUT2D eigenvalue weighted by Crippen LogP contribution is 2.49. The molecular weight excluding hydrogens is 244 g/mol. The molecular formula is C15H26O4. The fourth-order valence-corrected chi connectivity index (χ4v) is 3.56. The maximum absolute atomic E-state index is 10.5. The second-order valence-corrected chi connectivity index (χ2v) is 6.68. The highest BCUT2D eigenvalue weighted by molar-refractivity contribution is 5.07. The van der Waals surface area contributed by atoms with Crippen LogP contribution < -0.4 is 0 Å². The zero-order chi connectivity index (χ0) is 14.3. The Hall–Kier alpha value is -0.420. The fourth-order valence-electron chi connectivity index (χ4n) is 3.56.